The number of nitrogens with one attached hydrogen (secondary N) is 1. The molecule has 0 spiro atoms. The molecule has 3 nitrogen and oxygen atoms in total. The van der Waals surface area contributed by atoms with E-state index in [1.165, 1.54) is 57.9 Å². The summed E-state index contributed by atoms with van der Waals surface area (Å²) >= 11 is 0. The first-order chi connectivity index (χ1) is 9.38. The minimum absolute atomic E-state index is 0.719. The van der Waals surface area contributed by atoms with Gasteiger partial charge in [0, 0.05) is 30.8 Å². The largest absolute Gasteiger partial charge is 0.380 e. The van der Waals surface area contributed by atoms with E-state index in [9.17, 15) is 0 Å². The van der Waals surface area contributed by atoms with Gasteiger partial charge < -0.3 is 10.1 Å². The summed E-state index contributed by atoms with van der Waals surface area (Å²) in [7, 11) is 0. The van der Waals surface area contributed by atoms with Gasteiger partial charge in [0.25, 0.3) is 0 Å². The lowest BCUT2D eigenvalue weighted by Gasteiger charge is -2.53. The highest BCUT2D eigenvalue weighted by atomic mass is 16.5. The quantitative estimate of drug-likeness (QED) is 0.846. The molecule has 3 heteroatoms. The van der Waals surface area contributed by atoms with Crippen molar-refractivity contribution in [2.24, 2.45) is 0 Å². The van der Waals surface area contributed by atoms with Gasteiger partial charge in [-0.25, -0.2) is 0 Å². The molecule has 2 bridgehead atoms. The lowest BCUT2D eigenvalue weighted by Crippen LogP contribution is -2.61. The normalized spacial score (nSPS) is 40.3. The first-order valence-corrected chi connectivity index (χ1v) is 8.47. The molecule has 0 saturated carbocycles. The Morgan fingerprint density at radius 3 is 2.42 bits per heavy atom. The van der Waals surface area contributed by atoms with Crippen molar-refractivity contribution in [3.05, 3.63) is 0 Å². The number of hydrogen-bond acceptors (Lipinski definition) is 3. The van der Waals surface area contributed by atoms with E-state index in [0.29, 0.717) is 0 Å². The highest BCUT2D eigenvalue weighted by Gasteiger charge is 2.41. The van der Waals surface area contributed by atoms with Gasteiger partial charge in [0.2, 0.25) is 0 Å². The molecule has 3 unspecified atom stereocenters. The van der Waals surface area contributed by atoms with Gasteiger partial charge in [-0.2, -0.15) is 0 Å². The maximum absolute atomic E-state index is 5.74. The van der Waals surface area contributed by atoms with Gasteiger partial charge in [-0.1, -0.05) is 13.3 Å². The van der Waals surface area contributed by atoms with Crippen LogP contribution in [0.2, 0.25) is 0 Å². The summed E-state index contributed by atoms with van der Waals surface area (Å²) in [6.07, 6.45) is 10.9. The van der Waals surface area contributed by atoms with Crippen LogP contribution in [0.3, 0.4) is 0 Å². The molecule has 3 rings (SSSR count). The van der Waals surface area contributed by atoms with Gasteiger partial charge in [-0.05, 0) is 51.5 Å². The van der Waals surface area contributed by atoms with Gasteiger partial charge >= 0.3 is 0 Å². The Morgan fingerprint density at radius 1 is 1.05 bits per heavy atom. The molecule has 0 aromatic heterocycles. The highest BCUT2D eigenvalue weighted by molar-refractivity contribution is 4.98. The van der Waals surface area contributed by atoms with E-state index in [1.54, 1.807) is 0 Å². The van der Waals surface area contributed by atoms with Crippen LogP contribution < -0.4 is 5.32 Å². The molecule has 1 N–H and O–H groups in total. The zero-order valence-electron chi connectivity index (χ0n) is 12.4. The second kappa shape index (κ2) is 6.55. The first-order valence-electron chi connectivity index (χ1n) is 8.47. The molecule has 3 aliphatic rings. The molecule has 3 fully saturated rings. The van der Waals surface area contributed by atoms with Crippen LogP contribution in [0.1, 0.15) is 58.3 Å². The Kier molecular flexibility index (Phi) is 4.78. The monoisotopic (exact) mass is 266 g/mol. The number of fused-ring (bicyclic) bond motifs is 2. The minimum Gasteiger partial charge on any atom is -0.380 e. The number of ether oxygens (including phenoxy) is 1. The molecular formula is C16H30N2O. The number of hydrogen-bond donors (Lipinski definition) is 1. The van der Waals surface area contributed by atoms with Crippen LogP contribution in [0, 0.1) is 0 Å². The topological polar surface area (TPSA) is 24.5 Å². The summed E-state index contributed by atoms with van der Waals surface area (Å²) < 4.78 is 5.74. The second-order valence-electron chi connectivity index (χ2n) is 6.68. The van der Waals surface area contributed by atoms with Crippen molar-refractivity contribution in [3.63, 3.8) is 0 Å². The van der Waals surface area contributed by atoms with E-state index in [1.807, 2.05) is 0 Å². The summed E-state index contributed by atoms with van der Waals surface area (Å²) in [5, 5.41) is 3.77. The highest BCUT2D eigenvalue weighted by Crippen LogP contribution is 2.37. The Balaban J connectivity index is 1.62. The van der Waals surface area contributed by atoms with Crippen LogP contribution >= 0.6 is 0 Å². The maximum Gasteiger partial charge on any atom is 0.0622 e. The van der Waals surface area contributed by atoms with E-state index in [4.69, 9.17) is 4.74 Å². The molecular weight excluding hydrogens is 236 g/mol. The Hall–Kier alpha value is -0.120. The van der Waals surface area contributed by atoms with Gasteiger partial charge in [0.15, 0.2) is 0 Å². The van der Waals surface area contributed by atoms with E-state index >= 15 is 0 Å². The molecule has 19 heavy (non-hydrogen) atoms. The summed E-state index contributed by atoms with van der Waals surface area (Å²) in [5.74, 6) is 0. The Morgan fingerprint density at radius 2 is 1.79 bits per heavy atom. The SMILES string of the molecule is CCCNC1CC2CCCC(C1)N2C1CCCOC1. The van der Waals surface area contributed by atoms with Gasteiger partial charge in [0.1, 0.15) is 0 Å². The predicted molar refractivity (Wildman–Crippen MR) is 78.4 cm³/mol. The number of rotatable bonds is 4. The first kappa shape index (κ1) is 13.8. The van der Waals surface area contributed by atoms with Crippen molar-refractivity contribution in [3.8, 4) is 0 Å². The lowest BCUT2D eigenvalue weighted by molar-refractivity contribution is -0.0627. The molecule has 0 aromatic rings. The summed E-state index contributed by atoms with van der Waals surface area (Å²) in [6.45, 7) is 5.43. The molecule has 0 aromatic carbocycles. The van der Waals surface area contributed by atoms with Crippen molar-refractivity contribution >= 4 is 0 Å². The van der Waals surface area contributed by atoms with E-state index < -0.39 is 0 Å². The lowest BCUT2D eigenvalue weighted by atomic mass is 9.80. The zero-order valence-corrected chi connectivity index (χ0v) is 12.4. The third kappa shape index (κ3) is 3.14. The van der Waals surface area contributed by atoms with Crippen LogP contribution in [0.15, 0.2) is 0 Å². The molecule has 3 heterocycles. The third-order valence-electron chi connectivity index (χ3n) is 5.27. The van der Waals surface area contributed by atoms with E-state index in [2.05, 4.69) is 17.1 Å². The molecule has 0 radical (unpaired) electrons. The standard InChI is InChI=1S/C16H30N2O/c1-2-8-17-13-10-14-5-3-6-15(11-13)18(14)16-7-4-9-19-12-16/h13-17H,2-12H2,1H3. The summed E-state index contributed by atoms with van der Waals surface area (Å²) in [6, 6.07) is 3.15. The fraction of sp³-hybridized carbons (Fsp3) is 1.00. The van der Waals surface area contributed by atoms with Crippen LogP contribution in [0.4, 0.5) is 0 Å². The van der Waals surface area contributed by atoms with Crippen molar-refractivity contribution in [1.82, 2.24) is 10.2 Å². The summed E-state index contributed by atoms with van der Waals surface area (Å²) in [4.78, 5) is 2.87. The smallest absolute Gasteiger partial charge is 0.0622 e. The number of nitrogens with zero attached hydrogens (tertiary/aromatic N) is 1. The van der Waals surface area contributed by atoms with Crippen LogP contribution in [-0.2, 0) is 4.74 Å². The minimum atomic E-state index is 0.719. The summed E-state index contributed by atoms with van der Waals surface area (Å²) in [5.41, 5.74) is 0. The fourth-order valence-corrected chi connectivity index (χ4v) is 4.49. The Bertz CT molecular complexity index is 264. The zero-order chi connectivity index (χ0) is 13.1. The maximum atomic E-state index is 5.74. The van der Waals surface area contributed by atoms with Crippen molar-refractivity contribution in [1.29, 1.82) is 0 Å². The van der Waals surface area contributed by atoms with Crippen molar-refractivity contribution in [2.75, 3.05) is 19.8 Å². The van der Waals surface area contributed by atoms with Crippen LogP contribution in [-0.4, -0.2) is 48.8 Å². The molecule has 3 saturated heterocycles. The fourth-order valence-electron chi connectivity index (χ4n) is 4.49. The van der Waals surface area contributed by atoms with E-state index in [-0.39, 0.29) is 0 Å². The van der Waals surface area contributed by atoms with Crippen LogP contribution in [0.5, 0.6) is 0 Å². The van der Waals surface area contributed by atoms with Gasteiger partial charge in [-0.15, -0.1) is 0 Å². The molecule has 110 valence electrons. The van der Waals surface area contributed by atoms with Crippen molar-refractivity contribution in [2.45, 2.75) is 82.5 Å². The average Bonchev–Trinajstić information content (AvgIpc) is 2.45. The second-order valence-corrected chi connectivity index (χ2v) is 6.68. The van der Waals surface area contributed by atoms with Gasteiger partial charge in [-0.3, -0.25) is 4.90 Å². The molecule has 0 amide bonds. The molecule has 0 aliphatic carbocycles. The molecule has 3 atom stereocenters. The van der Waals surface area contributed by atoms with Crippen molar-refractivity contribution < 1.29 is 4.74 Å². The van der Waals surface area contributed by atoms with Gasteiger partial charge in [0.05, 0.1) is 6.61 Å². The Labute approximate surface area is 118 Å². The van der Waals surface area contributed by atoms with E-state index in [0.717, 1.165) is 37.4 Å². The molecule has 3 aliphatic heterocycles. The number of piperidine rings is 2. The average molecular weight is 266 g/mol. The predicted octanol–water partition coefficient (Wildman–Crippen LogP) is 2.55. The van der Waals surface area contributed by atoms with Crippen LogP contribution in [0.25, 0.3) is 0 Å². The third-order valence-corrected chi connectivity index (χ3v) is 5.27.